The maximum atomic E-state index is 12.3. The maximum absolute atomic E-state index is 12.3. The van der Waals surface area contributed by atoms with Crippen LogP contribution in [0.25, 0.3) is 22.4 Å². The fourth-order valence-electron chi connectivity index (χ4n) is 3.86. The summed E-state index contributed by atoms with van der Waals surface area (Å²) in [5.41, 5.74) is 5.83. The molecule has 1 unspecified atom stereocenters. The zero-order valence-corrected chi connectivity index (χ0v) is 17.4. The minimum Gasteiger partial charge on any atom is -0.446 e. The first-order chi connectivity index (χ1) is 14.6. The third-order valence-corrected chi connectivity index (χ3v) is 6.12. The molecule has 2 fully saturated rings. The summed E-state index contributed by atoms with van der Waals surface area (Å²) in [5.74, 6) is 1.81. The van der Waals surface area contributed by atoms with E-state index in [1.807, 2.05) is 19.1 Å². The fourth-order valence-corrected chi connectivity index (χ4v) is 3.86. The van der Waals surface area contributed by atoms with Crippen LogP contribution in [-0.4, -0.2) is 17.4 Å². The lowest BCUT2D eigenvalue weighted by Gasteiger charge is -2.13. The summed E-state index contributed by atoms with van der Waals surface area (Å²) >= 11 is 0. The van der Waals surface area contributed by atoms with Gasteiger partial charge < -0.3 is 9.26 Å². The first-order valence-electron chi connectivity index (χ1n) is 10.7. The summed E-state index contributed by atoms with van der Waals surface area (Å²) in [6, 6.07) is 17.0. The van der Waals surface area contributed by atoms with Crippen LogP contribution in [0.2, 0.25) is 0 Å². The van der Waals surface area contributed by atoms with Crippen LogP contribution in [0.4, 0.5) is 10.5 Å². The van der Waals surface area contributed by atoms with Crippen molar-refractivity contribution >= 4 is 11.8 Å². The van der Waals surface area contributed by atoms with Crippen LogP contribution in [0.5, 0.6) is 0 Å². The average molecular weight is 402 g/mol. The summed E-state index contributed by atoms with van der Waals surface area (Å²) in [6.45, 7) is 3.72. The smallest absolute Gasteiger partial charge is 0.412 e. The quantitative estimate of drug-likeness (QED) is 0.508. The molecule has 2 saturated carbocycles. The Hall–Kier alpha value is -3.08. The van der Waals surface area contributed by atoms with Crippen LogP contribution in [0.15, 0.2) is 53.1 Å². The summed E-state index contributed by atoms with van der Waals surface area (Å²) in [6.07, 6.45) is 4.35. The Morgan fingerprint density at radius 1 is 1.00 bits per heavy atom. The second-order valence-electron chi connectivity index (χ2n) is 8.51. The van der Waals surface area contributed by atoms with Crippen LogP contribution in [0.1, 0.15) is 49.8 Å². The Labute approximate surface area is 176 Å². The average Bonchev–Trinajstić information content (AvgIpc) is 3.67. The molecule has 1 aromatic heterocycles. The number of hydrogen-bond donors (Lipinski definition) is 1. The molecule has 1 heterocycles. The van der Waals surface area contributed by atoms with E-state index in [1.54, 1.807) is 6.92 Å². The van der Waals surface area contributed by atoms with Gasteiger partial charge in [0.25, 0.3) is 0 Å². The van der Waals surface area contributed by atoms with E-state index in [-0.39, 0.29) is 6.10 Å². The molecule has 0 aliphatic heterocycles. The number of ether oxygens (including phenoxy) is 1. The third kappa shape index (κ3) is 3.97. The molecule has 30 heavy (non-hydrogen) atoms. The highest BCUT2D eigenvalue weighted by Gasteiger charge is 2.31. The van der Waals surface area contributed by atoms with Crippen molar-refractivity contribution in [1.82, 2.24) is 5.16 Å². The lowest BCUT2D eigenvalue weighted by Crippen LogP contribution is -2.21. The van der Waals surface area contributed by atoms with Gasteiger partial charge in [-0.2, -0.15) is 0 Å². The Balaban J connectivity index is 1.32. The molecule has 5 nitrogen and oxygen atoms in total. The van der Waals surface area contributed by atoms with Gasteiger partial charge in [-0.3, -0.25) is 5.32 Å². The van der Waals surface area contributed by atoms with Gasteiger partial charge in [0.1, 0.15) is 17.5 Å². The second kappa shape index (κ2) is 7.63. The zero-order valence-electron chi connectivity index (χ0n) is 17.4. The molecule has 0 bridgehead atoms. The number of anilines is 1. The van der Waals surface area contributed by atoms with Gasteiger partial charge >= 0.3 is 6.09 Å². The molecule has 1 N–H and O–H groups in total. The molecule has 154 valence electrons. The van der Waals surface area contributed by atoms with Crippen molar-refractivity contribution < 1.29 is 14.1 Å². The largest absolute Gasteiger partial charge is 0.446 e. The van der Waals surface area contributed by atoms with E-state index in [4.69, 9.17) is 9.26 Å². The minimum atomic E-state index is -0.464. The van der Waals surface area contributed by atoms with Crippen molar-refractivity contribution in [1.29, 1.82) is 0 Å². The van der Waals surface area contributed by atoms with Crippen LogP contribution in [0.3, 0.4) is 0 Å². The molecule has 0 spiro atoms. The van der Waals surface area contributed by atoms with Gasteiger partial charge in [0.2, 0.25) is 0 Å². The van der Waals surface area contributed by atoms with Crippen LogP contribution < -0.4 is 5.32 Å². The number of nitrogens with one attached hydrogen (secondary N) is 1. The molecule has 2 aromatic carbocycles. The van der Waals surface area contributed by atoms with E-state index in [0.717, 1.165) is 29.9 Å². The van der Waals surface area contributed by atoms with Gasteiger partial charge in [0, 0.05) is 5.56 Å². The van der Waals surface area contributed by atoms with Crippen molar-refractivity contribution in [3.63, 3.8) is 0 Å². The molecule has 3 aromatic rings. The van der Waals surface area contributed by atoms with E-state index < -0.39 is 6.09 Å². The summed E-state index contributed by atoms with van der Waals surface area (Å²) in [4.78, 5) is 12.3. The van der Waals surface area contributed by atoms with E-state index >= 15 is 0 Å². The Morgan fingerprint density at radius 2 is 1.60 bits per heavy atom. The van der Waals surface area contributed by atoms with Gasteiger partial charge in [-0.15, -0.1) is 0 Å². The molecule has 2 aliphatic rings. The highest BCUT2D eigenvalue weighted by Crippen LogP contribution is 2.40. The van der Waals surface area contributed by atoms with Crippen LogP contribution >= 0.6 is 0 Å². The molecule has 0 saturated heterocycles. The number of aryl methyl sites for hydroxylation is 1. The standard InChI is InChI=1S/C25H26N2O3/c1-15(17-3-4-17)29-25(28)26-23-16(2)30-27-24(23)22-13-11-21(12-14-22)20-9-7-19(8-10-20)18-5-6-18/h7-15,17-18H,3-6H2,1-2H3,(H,26,28). The highest BCUT2D eigenvalue weighted by molar-refractivity contribution is 5.91. The molecular formula is C25H26N2O3. The maximum Gasteiger partial charge on any atom is 0.412 e. The number of amides is 1. The van der Waals surface area contributed by atoms with E-state index in [1.165, 1.54) is 24.0 Å². The predicted molar refractivity (Wildman–Crippen MR) is 116 cm³/mol. The second-order valence-corrected chi connectivity index (χ2v) is 8.51. The SMILES string of the molecule is Cc1onc(-c2ccc(-c3ccc(C4CC4)cc3)cc2)c1NC(=O)OC(C)C1CC1. The fraction of sp³-hybridized carbons (Fsp3) is 0.360. The third-order valence-electron chi connectivity index (χ3n) is 6.12. The van der Waals surface area contributed by atoms with Crippen LogP contribution in [0, 0.1) is 12.8 Å². The summed E-state index contributed by atoms with van der Waals surface area (Å²) < 4.78 is 10.8. The minimum absolute atomic E-state index is 0.0702. The molecular weight excluding hydrogens is 376 g/mol. The zero-order chi connectivity index (χ0) is 20.7. The van der Waals surface area contributed by atoms with E-state index in [2.05, 4.69) is 46.9 Å². The normalized spacial score (nSPS) is 16.9. The number of benzene rings is 2. The number of aromatic nitrogens is 1. The Bertz CT molecular complexity index is 1050. The van der Waals surface area contributed by atoms with E-state index in [9.17, 15) is 4.79 Å². The Kier molecular flexibility index (Phi) is 4.81. The number of carbonyl (C=O) groups excluding carboxylic acids is 1. The Morgan fingerprint density at radius 3 is 2.20 bits per heavy atom. The number of carbonyl (C=O) groups is 1. The molecule has 1 amide bonds. The van der Waals surface area contributed by atoms with Gasteiger partial charge in [-0.05, 0) is 68.1 Å². The van der Waals surface area contributed by atoms with Crippen molar-refractivity contribution in [3.8, 4) is 22.4 Å². The number of nitrogens with zero attached hydrogens (tertiary/aromatic N) is 1. The summed E-state index contributed by atoms with van der Waals surface area (Å²) in [5, 5.41) is 6.98. The van der Waals surface area contributed by atoms with Gasteiger partial charge in [0.15, 0.2) is 5.76 Å². The molecule has 2 aliphatic carbocycles. The number of hydrogen-bond acceptors (Lipinski definition) is 4. The molecule has 5 heteroatoms. The van der Waals surface area contributed by atoms with Crippen molar-refractivity contribution in [2.75, 3.05) is 5.32 Å². The van der Waals surface area contributed by atoms with Gasteiger partial charge in [-0.1, -0.05) is 53.7 Å². The van der Waals surface area contributed by atoms with Gasteiger partial charge in [-0.25, -0.2) is 4.79 Å². The topological polar surface area (TPSA) is 64.4 Å². The lowest BCUT2D eigenvalue weighted by molar-refractivity contribution is 0.108. The molecule has 1 atom stereocenters. The monoisotopic (exact) mass is 402 g/mol. The number of rotatable bonds is 6. The van der Waals surface area contributed by atoms with Crippen LogP contribution in [-0.2, 0) is 4.74 Å². The first-order valence-corrected chi connectivity index (χ1v) is 10.7. The highest BCUT2D eigenvalue weighted by atomic mass is 16.6. The van der Waals surface area contributed by atoms with Crippen molar-refractivity contribution in [3.05, 3.63) is 59.9 Å². The lowest BCUT2D eigenvalue weighted by atomic mass is 10.00. The van der Waals surface area contributed by atoms with E-state index in [0.29, 0.717) is 23.1 Å². The molecule has 5 rings (SSSR count). The molecule has 0 radical (unpaired) electrons. The van der Waals surface area contributed by atoms with Gasteiger partial charge in [0.05, 0.1) is 0 Å². The van der Waals surface area contributed by atoms with Crippen molar-refractivity contribution in [2.45, 2.75) is 51.6 Å². The first kappa shape index (κ1) is 18.9. The van der Waals surface area contributed by atoms with Crippen molar-refractivity contribution in [2.24, 2.45) is 5.92 Å². The summed E-state index contributed by atoms with van der Waals surface area (Å²) in [7, 11) is 0. The predicted octanol–water partition coefficient (Wildman–Crippen LogP) is 6.54.